The molecule has 2 aromatic rings. The lowest BCUT2D eigenvalue weighted by Gasteiger charge is -2.30. The molecule has 0 aromatic heterocycles. The van der Waals surface area contributed by atoms with Gasteiger partial charge in [0.1, 0.15) is 6.04 Å². The molecular weight excluding hydrogens is 380 g/mol. The minimum absolute atomic E-state index is 0.0497. The summed E-state index contributed by atoms with van der Waals surface area (Å²) in [5, 5.41) is 3.37. The first-order chi connectivity index (χ1) is 13.1. The molecule has 27 heavy (non-hydrogen) atoms. The Kier molecular flexibility index (Phi) is 8.69. The summed E-state index contributed by atoms with van der Waals surface area (Å²) in [6, 6.07) is 16.9. The van der Waals surface area contributed by atoms with Crippen LogP contribution in [0.2, 0.25) is 5.02 Å². The van der Waals surface area contributed by atoms with Crippen molar-refractivity contribution < 1.29 is 9.59 Å². The van der Waals surface area contributed by atoms with Crippen molar-refractivity contribution >= 4 is 35.2 Å². The van der Waals surface area contributed by atoms with Gasteiger partial charge in [0.15, 0.2) is 0 Å². The summed E-state index contributed by atoms with van der Waals surface area (Å²) in [5.74, 6) is 0.761. The molecule has 4 nitrogen and oxygen atoms in total. The second-order valence-electron chi connectivity index (χ2n) is 6.13. The Morgan fingerprint density at radius 3 is 2.41 bits per heavy atom. The molecule has 0 fully saturated rings. The molecule has 0 saturated heterocycles. The summed E-state index contributed by atoms with van der Waals surface area (Å²) in [5.41, 5.74) is 2.01. The fourth-order valence-corrected chi connectivity index (χ4v) is 4.01. The number of halogens is 1. The average molecular weight is 405 g/mol. The number of hydrogen-bond donors (Lipinski definition) is 1. The number of carbonyl (C=O) groups excluding carboxylic acids is 2. The van der Waals surface area contributed by atoms with Crippen LogP contribution in [-0.4, -0.2) is 35.6 Å². The summed E-state index contributed by atoms with van der Waals surface area (Å²) in [6.07, 6.45) is 0.563. The number of hydrogen-bond acceptors (Lipinski definition) is 3. The SMILES string of the molecule is CC[C@H](C(=O)NC)N(Cc1ccccc1)C(=O)CSCc1ccccc1Cl. The molecule has 1 atom stereocenters. The molecule has 1 N–H and O–H groups in total. The number of carbonyl (C=O) groups is 2. The van der Waals surface area contributed by atoms with Gasteiger partial charge in [-0.25, -0.2) is 0 Å². The molecule has 2 amide bonds. The number of thioether (sulfide) groups is 1. The van der Waals surface area contributed by atoms with Gasteiger partial charge in [-0.15, -0.1) is 11.8 Å². The highest BCUT2D eigenvalue weighted by molar-refractivity contribution is 7.99. The van der Waals surface area contributed by atoms with Gasteiger partial charge in [0.2, 0.25) is 11.8 Å². The number of nitrogens with one attached hydrogen (secondary N) is 1. The van der Waals surface area contributed by atoms with Gasteiger partial charge in [-0.1, -0.05) is 67.1 Å². The van der Waals surface area contributed by atoms with E-state index in [4.69, 9.17) is 11.6 Å². The van der Waals surface area contributed by atoms with Crippen LogP contribution >= 0.6 is 23.4 Å². The Morgan fingerprint density at radius 2 is 1.78 bits per heavy atom. The first kappa shape index (κ1) is 21.3. The molecular formula is C21H25ClN2O2S. The van der Waals surface area contributed by atoms with Crippen LogP contribution in [0.25, 0.3) is 0 Å². The zero-order chi connectivity index (χ0) is 19.6. The van der Waals surface area contributed by atoms with E-state index in [9.17, 15) is 9.59 Å². The van der Waals surface area contributed by atoms with Crippen LogP contribution < -0.4 is 5.32 Å². The van der Waals surface area contributed by atoms with E-state index in [-0.39, 0.29) is 11.8 Å². The molecule has 2 rings (SSSR count). The third kappa shape index (κ3) is 6.29. The number of nitrogens with zero attached hydrogens (tertiary/aromatic N) is 1. The molecule has 0 saturated carbocycles. The first-order valence-electron chi connectivity index (χ1n) is 8.93. The lowest BCUT2D eigenvalue weighted by Crippen LogP contribution is -2.48. The molecule has 0 radical (unpaired) electrons. The second kappa shape index (κ2) is 11.0. The Hall–Kier alpha value is -1.98. The average Bonchev–Trinajstić information content (AvgIpc) is 2.69. The highest BCUT2D eigenvalue weighted by atomic mass is 35.5. The maximum atomic E-state index is 12.9. The van der Waals surface area contributed by atoms with Crippen LogP contribution in [0.3, 0.4) is 0 Å². The quantitative estimate of drug-likeness (QED) is 0.683. The van der Waals surface area contributed by atoms with Gasteiger partial charge in [-0.3, -0.25) is 9.59 Å². The Bertz CT molecular complexity index is 755. The smallest absolute Gasteiger partial charge is 0.242 e. The van der Waals surface area contributed by atoms with Crippen molar-refractivity contribution in [2.75, 3.05) is 12.8 Å². The van der Waals surface area contributed by atoms with Crippen LogP contribution in [0, 0.1) is 0 Å². The van der Waals surface area contributed by atoms with Gasteiger partial charge in [0.05, 0.1) is 5.75 Å². The van der Waals surface area contributed by atoms with E-state index in [1.165, 1.54) is 11.8 Å². The van der Waals surface area contributed by atoms with Gasteiger partial charge < -0.3 is 10.2 Å². The highest BCUT2D eigenvalue weighted by Gasteiger charge is 2.27. The molecule has 0 unspecified atom stereocenters. The summed E-state index contributed by atoms with van der Waals surface area (Å²) in [4.78, 5) is 26.9. The maximum absolute atomic E-state index is 12.9. The largest absolute Gasteiger partial charge is 0.357 e. The van der Waals surface area contributed by atoms with Gasteiger partial charge in [0.25, 0.3) is 0 Å². The molecule has 0 aliphatic heterocycles. The summed E-state index contributed by atoms with van der Waals surface area (Å²) >= 11 is 7.69. The number of rotatable bonds is 9. The highest BCUT2D eigenvalue weighted by Crippen LogP contribution is 2.22. The van der Waals surface area contributed by atoms with E-state index >= 15 is 0 Å². The van der Waals surface area contributed by atoms with E-state index in [1.54, 1.807) is 11.9 Å². The first-order valence-corrected chi connectivity index (χ1v) is 10.5. The van der Waals surface area contributed by atoms with Crippen LogP contribution in [-0.2, 0) is 21.9 Å². The summed E-state index contributed by atoms with van der Waals surface area (Å²) < 4.78 is 0. The van der Waals surface area contributed by atoms with Gasteiger partial charge >= 0.3 is 0 Å². The molecule has 2 aromatic carbocycles. The minimum Gasteiger partial charge on any atom is -0.357 e. The molecule has 144 valence electrons. The van der Waals surface area contributed by atoms with Crippen molar-refractivity contribution in [1.29, 1.82) is 0 Å². The lowest BCUT2D eigenvalue weighted by atomic mass is 10.1. The standard InChI is InChI=1S/C21H25ClN2O2S/c1-3-19(21(26)23-2)24(13-16-9-5-4-6-10-16)20(25)15-27-14-17-11-7-8-12-18(17)22/h4-12,19H,3,13-15H2,1-2H3,(H,23,26)/t19-/m1/s1. The second-order valence-corrected chi connectivity index (χ2v) is 7.52. The number of amides is 2. The van der Waals surface area contributed by atoms with Crippen molar-refractivity contribution in [3.05, 3.63) is 70.7 Å². The maximum Gasteiger partial charge on any atom is 0.242 e. The predicted molar refractivity (Wildman–Crippen MR) is 113 cm³/mol. The molecule has 0 spiro atoms. The fourth-order valence-electron chi connectivity index (χ4n) is 2.81. The van der Waals surface area contributed by atoms with E-state index in [0.29, 0.717) is 29.5 Å². The normalized spacial score (nSPS) is 11.7. The number of likely N-dealkylation sites (N-methyl/N-ethyl adjacent to an activating group) is 1. The van der Waals surface area contributed by atoms with Crippen molar-refractivity contribution in [2.45, 2.75) is 31.7 Å². The zero-order valence-corrected chi connectivity index (χ0v) is 17.2. The lowest BCUT2D eigenvalue weighted by molar-refractivity contribution is -0.139. The molecule has 0 heterocycles. The van der Waals surface area contributed by atoms with Gasteiger partial charge in [-0.2, -0.15) is 0 Å². The Balaban J connectivity index is 2.07. The van der Waals surface area contributed by atoms with Crippen LogP contribution in [0.1, 0.15) is 24.5 Å². The molecule has 6 heteroatoms. The minimum atomic E-state index is -0.483. The zero-order valence-electron chi connectivity index (χ0n) is 15.7. The molecule has 0 aliphatic rings. The van der Waals surface area contributed by atoms with Crippen molar-refractivity contribution in [3.63, 3.8) is 0 Å². The third-order valence-corrected chi connectivity index (χ3v) is 5.60. The van der Waals surface area contributed by atoms with Crippen molar-refractivity contribution in [3.8, 4) is 0 Å². The van der Waals surface area contributed by atoms with E-state index in [2.05, 4.69) is 5.32 Å². The molecule has 0 bridgehead atoms. The van der Waals surface area contributed by atoms with Crippen molar-refractivity contribution in [2.24, 2.45) is 0 Å². The van der Waals surface area contributed by atoms with Gasteiger partial charge in [0, 0.05) is 24.4 Å². The predicted octanol–water partition coefficient (Wildman–Crippen LogP) is 4.13. The third-order valence-electron chi connectivity index (χ3n) is 4.27. The summed E-state index contributed by atoms with van der Waals surface area (Å²) in [7, 11) is 1.60. The monoisotopic (exact) mass is 404 g/mol. The van der Waals surface area contributed by atoms with Gasteiger partial charge in [-0.05, 0) is 23.6 Å². The topological polar surface area (TPSA) is 49.4 Å². The number of benzene rings is 2. The summed E-state index contributed by atoms with van der Waals surface area (Å²) in [6.45, 7) is 2.33. The van der Waals surface area contributed by atoms with E-state index in [0.717, 1.165) is 11.1 Å². The van der Waals surface area contributed by atoms with Crippen LogP contribution in [0.4, 0.5) is 0 Å². The van der Waals surface area contributed by atoms with Crippen molar-refractivity contribution in [1.82, 2.24) is 10.2 Å². The van der Waals surface area contributed by atoms with Crippen LogP contribution in [0.5, 0.6) is 0 Å². The van der Waals surface area contributed by atoms with Crippen LogP contribution in [0.15, 0.2) is 54.6 Å². The molecule has 0 aliphatic carbocycles. The Morgan fingerprint density at radius 1 is 1.11 bits per heavy atom. The van der Waals surface area contributed by atoms with E-state index < -0.39 is 6.04 Å². The fraction of sp³-hybridized carbons (Fsp3) is 0.333. The Labute approximate surface area is 170 Å². The van der Waals surface area contributed by atoms with E-state index in [1.807, 2.05) is 61.5 Å².